The summed E-state index contributed by atoms with van der Waals surface area (Å²) in [6.45, 7) is 7.56. The zero-order valence-electron chi connectivity index (χ0n) is 7.66. The lowest BCUT2D eigenvalue weighted by molar-refractivity contribution is -0.735. The fourth-order valence-electron chi connectivity index (χ4n) is 1.56. The second-order valence-electron chi connectivity index (χ2n) is 3.36. The quantitative estimate of drug-likeness (QED) is 0.445. The number of aryl methyl sites for hydroxylation is 2. The van der Waals surface area contributed by atoms with Crippen LogP contribution < -0.4 is 4.57 Å². The molecular weight excluding hydrogens is 168 g/mol. The summed E-state index contributed by atoms with van der Waals surface area (Å²) in [6.07, 6.45) is 0. The van der Waals surface area contributed by atoms with Crippen molar-refractivity contribution >= 4 is 11.8 Å². The van der Waals surface area contributed by atoms with Gasteiger partial charge in [0.15, 0.2) is 5.69 Å². The van der Waals surface area contributed by atoms with Crippen molar-refractivity contribution in [3.8, 4) is 0 Å². The standard InChI is InChI=1S/C9H13N2S/c1-6-4-7(2)11-5-8(3)12-9(11)10-6/h4,8H,5H2,1-3H3/q+1/t8-/m0/s1. The summed E-state index contributed by atoms with van der Waals surface area (Å²) in [5.74, 6) is 0. The Morgan fingerprint density at radius 1 is 1.58 bits per heavy atom. The molecule has 0 spiro atoms. The highest BCUT2D eigenvalue weighted by Gasteiger charge is 2.28. The molecule has 0 saturated heterocycles. The van der Waals surface area contributed by atoms with Crippen molar-refractivity contribution in [3.63, 3.8) is 0 Å². The van der Waals surface area contributed by atoms with E-state index >= 15 is 0 Å². The average molecular weight is 181 g/mol. The van der Waals surface area contributed by atoms with Gasteiger partial charge in [-0.3, -0.25) is 0 Å². The van der Waals surface area contributed by atoms with Crippen molar-refractivity contribution in [2.24, 2.45) is 0 Å². The normalized spacial score (nSPS) is 21.1. The lowest BCUT2D eigenvalue weighted by atomic mass is 10.3. The maximum absolute atomic E-state index is 4.49. The van der Waals surface area contributed by atoms with E-state index in [4.69, 9.17) is 0 Å². The number of rotatable bonds is 0. The largest absolute Gasteiger partial charge is 0.360 e. The van der Waals surface area contributed by atoms with Crippen molar-refractivity contribution in [2.75, 3.05) is 0 Å². The lowest BCUT2D eigenvalue weighted by Crippen LogP contribution is -2.38. The minimum Gasteiger partial charge on any atom is -0.221 e. The number of nitrogens with zero attached hydrogens (tertiary/aromatic N) is 2. The number of aromatic nitrogens is 2. The zero-order valence-corrected chi connectivity index (χ0v) is 8.48. The first-order chi connectivity index (χ1) is 5.66. The van der Waals surface area contributed by atoms with Crippen molar-refractivity contribution in [3.05, 3.63) is 17.5 Å². The highest BCUT2D eigenvalue weighted by molar-refractivity contribution is 7.99. The number of thioether (sulfide) groups is 1. The average Bonchev–Trinajstić information content (AvgIpc) is 2.29. The Bertz CT molecular complexity index is 323. The minimum atomic E-state index is 0.679. The fraction of sp³-hybridized carbons (Fsp3) is 0.556. The molecule has 1 aliphatic heterocycles. The molecule has 0 aliphatic carbocycles. The van der Waals surface area contributed by atoms with E-state index in [9.17, 15) is 0 Å². The topological polar surface area (TPSA) is 16.8 Å². The van der Waals surface area contributed by atoms with Gasteiger partial charge in [-0.15, -0.1) is 0 Å². The Morgan fingerprint density at radius 2 is 2.33 bits per heavy atom. The molecule has 2 rings (SSSR count). The summed E-state index contributed by atoms with van der Waals surface area (Å²) in [7, 11) is 0. The Morgan fingerprint density at radius 3 is 3.08 bits per heavy atom. The SMILES string of the molecule is Cc1cc(C)[n+]2c(n1)S[C@@H](C)C2. The third-order valence-corrected chi connectivity index (χ3v) is 3.17. The van der Waals surface area contributed by atoms with E-state index in [2.05, 4.69) is 36.4 Å². The molecule has 0 unspecified atom stereocenters. The minimum absolute atomic E-state index is 0.679. The molecule has 3 heteroatoms. The third-order valence-electron chi connectivity index (χ3n) is 2.09. The molecule has 64 valence electrons. The van der Waals surface area contributed by atoms with Crippen LogP contribution in [0.2, 0.25) is 0 Å². The van der Waals surface area contributed by atoms with E-state index in [1.54, 1.807) is 0 Å². The van der Waals surface area contributed by atoms with Gasteiger partial charge in [0, 0.05) is 13.0 Å². The van der Waals surface area contributed by atoms with Crippen molar-refractivity contribution in [1.82, 2.24) is 4.98 Å². The van der Waals surface area contributed by atoms with Crippen molar-refractivity contribution in [2.45, 2.75) is 37.7 Å². The molecule has 12 heavy (non-hydrogen) atoms. The molecule has 1 aliphatic rings. The van der Waals surface area contributed by atoms with Crippen LogP contribution in [0.4, 0.5) is 0 Å². The first-order valence-electron chi connectivity index (χ1n) is 4.21. The molecular formula is C9H13N2S+. The summed E-state index contributed by atoms with van der Waals surface area (Å²) in [4.78, 5) is 4.49. The van der Waals surface area contributed by atoms with Gasteiger partial charge in [-0.25, -0.2) is 4.57 Å². The smallest absolute Gasteiger partial charge is 0.221 e. The van der Waals surface area contributed by atoms with Crippen LogP contribution in [0.5, 0.6) is 0 Å². The Kier molecular flexibility index (Phi) is 1.83. The van der Waals surface area contributed by atoms with Crippen LogP contribution in [0.1, 0.15) is 18.3 Å². The highest BCUT2D eigenvalue weighted by atomic mass is 32.2. The Hall–Kier alpha value is -0.570. The molecule has 1 aromatic heterocycles. The van der Waals surface area contributed by atoms with Crippen LogP contribution in [0.15, 0.2) is 11.2 Å². The first kappa shape index (κ1) is 8.05. The van der Waals surface area contributed by atoms with Crippen LogP contribution >= 0.6 is 11.8 Å². The van der Waals surface area contributed by atoms with Gasteiger partial charge in [0.05, 0.1) is 5.25 Å². The molecule has 0 fully saturated rings. The van der Waals surface area contributed by atoms with Gasteiger partial charge >= 0.3 is 5.16 Å². The van der Waals surface area contributed by atoms with E-state index in [0.29, 0.717) is 5.25 Å². The second-order valence-corrected chi connectivity index (χ2v) is 4.77. The monoisotopic (exact) mass is 181 g/mol. The predicted molar refractivity (Wildman–Crippen MR) is 49.2 cm³/mol. The molecule has 0 saturated carbocycles. The van der Waals surface area contributed by atoms with Crippen LogP contribution in [0.3, 0.4) is 0 Å². The summed E-state index contributed by atoms with van der Waals surface area (Å²) in [5, 5.41) is 1.86. The van der Waals surface area contributed by atoms with Gasteiger partial charge < -0.3 is 0 Å². The highest BCUT2D eigenvalue weighted by Crippen LogP contribution is 2.24. The number of hydrogen-bond acceptors (Lipinski definition) is 2. The van der Waals surface area contributed by atoms with E-state index in [1.807, 2.05) is 11.8 Å². The van der Waals surface area contributed by atoms with Crippen LogP contribution in [-0.4, -0.2) is 10.2 Å². The fourth-order valence-corrected chi connectivity index (χ4v) is 2.69. The summed E-state index contributed by atoms with van der Waals surface area (Å²) in [5.41, 5.74) is 2.45. The molecule has 2 nitrogen and oxygen atoms in total. The second kappa shape index (κ2) is 2.73. The summed E-state index contributed by atoms with van der Waals surface area (Å²) < 4.78 is 2.29. The van der Waals surface area contributed by atoms with Crippen molar-refractivity contribution in [1.29, 1.82) is 0 Å². The first-order valence-corrected chi connectivity index (χ1v) is 5.09. The molecule has 0 N–H and O–H groups in total. The maximum Gasteiger partial charge on any atom is 0.360 e. The van der Waals surface area contributed by atoms with Gasteiger partial charge in [0.1, 0.15) is 12.2 Å². The molecule has 2 heterocycles. The van der Waals surface area contributed by atoms with Gasteiger partial charge in [-0.2, -0.15) is 0 Å². The number of fused-ring (bicyclic) bond motifs is 1. The van der Waals surface area contributed by atoms with Crippen LogP contribution in [-0.2, 0) is 6.54 Å². The lowest BCUT2D eigenvalue weighted by Gasteiger charge is -1.97. The van der Waals surface area contributed by atoms with E-state index in [0.717, 1.165) is 12.2 Å². The molecule has 0 aromatic carbocycles. The van der Waals surface area contributed by atoms with Crippen molar-refractivity contribution < 1.29 is 4.57 Å². The molecule has 0 amide bonds. The van der Waals surface area contributed by atoms with E-state index in [1.165, 1.54) is 10.9 Å². The Labute approximate surface area is 77.0 Å². The molecule has 0 radical (unpaired) electrons. The van der Waals surface area contributed by atoms with Gasteiger partial charge in [0.25, 0.3) is 0 Å². The summed E-state index contributed by atoms with van der Waals surface area (Å²) in [6, 6.07) is 2.14. The molecule has 1 aromatic rings. The van der Waals surface area contributed by atoms with Crippen LogP contribution in [0.25, 0.3) is 0 Å². The molecule has 0 bridgehead atoms. The van der Waals surface area contributed by atoms with Gasteiger partial charge in [-0.1, -0.05) is 0 Å². The molecule has 1 atom stereocenters. The van der Waals surface area contributed by atoms with E-state index in [-0.39, 0.29) is 0 Å². The van der Waals surface area contributed by atoms with E-state index < -0.39 is 0 Å². The van der Waals surface area contributed by atoms with Crippen LogP contribution in [0, 0.1) is 13.8 Å². The predicted octanol–water partition coefficient (Wildman–Crippen LogP) is 1.48. The third kappa shape index (κ3) is 1.22. The van der Waals surface area contributed by atoms with Gasteiger partial charge in [0.2, 0.25) is 0 Å². The summed E-state index contributed by atoms with van der Waals surface area (Å²) >= 11 is 1.87. The van der Waals surface area contributed by atoms with Gasteiger partial charge in [-0.05, 0) is 30.6 Å². The maximum atomic E-state index is 4.49. The Balaban J connectivity index is 2.52. The number of hydrogen-bond donors (Lipinski definition) is 0. The zero-order chi connectivity index (χ0) is 8.72.